The van der Waals surface area contributed by atoms with E-state index in [2.05, 4.69) is 4.98 Å². The number of para-hydroxylation sites is 1. The number of hydrogen-bond acceptors (Lipinski definition) is 3. The van der Waals surface area contributed by atoms with Crippen LogP contribution in [0.1, 0.15) is 44.3 Å². The molecule has 0 bridgehead atoms. The first-order valence-electron chi connectivity index (χ1n) is 8.30. The Morgan fingerprint density at radius 3 is 2.50 bits per heavy atom. The van der Waals surface area contributed by atoms with Crippen LogP contribution in [0.3, 0.4) is 0 Å². The Bertz CT molecular complexity index is 1050. The fourth-order valence-electron chi connectivity index (χ4n) is 3.20. The van der Waals surface area contributed by atoms with Gasteiger partial charge in [0.05, 0.1) is 12.0 Å². The lowest BCUT2D eigenvalue weighted by atomic mass is 10.2. The van der Waals surface area contributed by atoms with E-state index in [1.165, 1.54) is 4.57 Å². The van der Waals surface area contributed by atoms with Gasteiger partial charge in [0.15, 0.2) is 11.2 Å². The van der Waals surface area contributed by atoms with Crippen molar-refractivity contribution in [2.45, 2.75) is 45.7 Å². The van der Waals surface area contributed by atoms with E-state index in [1.54, 1.807) is 10.9 Å². The zero-order valence-electron chi connectivity index (χ0n) is 14.1. The molecule has 1 fully saturated rings. The maximum absolute atomic E-state index is 13.1. The lowest BCUT2D eigenvalue weighted by Gasteiger charge is -2.14. The molecule has 1 aromatic carbocycles. The van der Waals surface area contributed by atoms with E-state index in [4.69, 9.17) is 0 Å². The van der Waals surface area contributed by atoms with Gasteiger partial charge in [0.25, 0.3) is 5.56 Å². The van der Waals surface area contributed by atoms with E-state index in [-0.39, 0.29) is 23.3 Å². The van der Waals surface area contributed by atoms with Crippen molar-refractivity contribution in [3.8, 4) is 5.69 Å². The molecule has 1 aliphatic rings. The summed E-state index contributed by atoms with van der Waals surface area (Å²) < 4.78 is 4.85. The number of rotatable bonds is 3. The Labute approximate surface area is 139 Å². The topological polar surface area (TPSA) is 61.8 Å². The minimum Gasteiger partial charge on any atom is -0.322 e. The molecule has 3 aromatic rings. The van der Waals surface area contributed by atoms with Gasteiger partial charge in [-0.15, -0.1) is 0 Å². The average molecular weight is 324 g/mol. The molecule has 0 amide bonds. The summed E-state index contributed by atoms with van der Waals surface area (Å²) in [5, 5.41) is 0. The van der Waals surface area contributed by atoms with Gasteiger partial charge in [-0.1, -0.05) is 18.2 Å². The molecule has 0 aliphatic heterocycles. The number of hydrogen-bond donors (Lipinski definition) is 0. The third kappa shape index (κ3) is 2.06. The molecule has 0 radical (unpaired) electrons. The Balaban J connectivity index is 2.19. The highest BCUT2D eigenvalue weighted by Crippen LogP contribution is 2.33. The predicted octanol–water partition coefficient (Wildman–Crippen LogP) is 2.57. The molecule has 0 atom stereocenters. The number of benzene rings is 1. The van der Waals surface area contributed by atoms with Crippen molar-refractivity contribution >= 4 is 11.2 Å². The van der Waals surface area contributed by atoms with Crippen molar-refractivity contribution in [3.05, 3.63) is 57.0 Å². The largest absolute Gasteiger partial charge is 0.337 e. The molecule has 24 heavy (non-hydrogen) atoms. The minimum atomic E-state index is -0.293. The second kappa shape index (κ2) is 5.19. The van der Waals surface area contributed by atoms with Crippen LogP contribution in [-0.2, 0) is 0 Å². The van der Waals surface area contributed by atoms with Gasteiger partial charge in [0.1, 0.15) is 0 Å². The van der Waals surface area contributed by atoms with Crippen molar-refractivity contribution in [1.82, 2.24) is 18.7 Å². The van der Waals surface area contributed by atoms with Crippen molar-refractivity contribution in [1.29, 1.82) is 0 Å². The van der Waals surface area contributed by atoms with Crippen LogP contribution in [0.5, 0.6) is 0 Å². The van der Waals surface area contributed by atoms with Crippen LogP contribution in [-0.4, -0.2) is 18.7 Å². The van der Waals surface area contributed by atoms with Gasteiger partial charge in [-0.2, -0.15) is 0 Å². The van der Waals surface area contributed by atoms with Crippen LogP contribution in [0.4, 0.5) is 0 Å². The molecular formula is C18H20N4O2. The number of aromatic nitrogens is 4. The highest BCUT2D eigenvalue weighted by Gasteiger charge is 2.30. The number of aryl methyl sites for hydroxylation is 1. The molecular weight excluding hydrogens is 304 g/mol. The molecule has 4 rings (SSSR count). The van der Waals surface area contributed by atoms with Gasteiger partial charge in [-0.25, -0.2) is 14.3 Å². The summed E-state index contributed by atoms with van der Waals surface area (Å²) in [6, 6.07) is 7.79. The first-order chi connectivity index (χ1) is 11.5. The highest BCUT2D eigenvalue weighted by atomic mass is 16.2. The normalized spacial score (nSPS) is 14.7. The van der Waals surface area contributed by atoms with Gasteiger partial charge in [-0.3, -0.25) is 9.36 Å². The predicted molar refractivity (Wildman–Crippen MR) is 93.0 cm³/mol. The Hall–Kier alpha value is -2.63. The second-order valence-corrected chi connectivity index (χ2v) is 6.73. The van der Waals surface area contributed by atoms with Gasteiger partial charge in [-0.05, 0) is 45.2 Å². The Morgan fingerprint density at radius 1 is 1.17 bits per heavy atom. The molecule has 6 nitrogen and oxygen atoms in total. The van der Waals surface area contributed by atoms with E-state index in [1.807, 2.05) is 49.6 Å². The molecule has 1 saturated carbocycles. The van der Waals surface area contributed by atoms with Crippen LogP contribution in [0.25, 0.3) is 16.9 Å². The summed E-state index contributed by atoms with van der Waals surface area (Å²) in [6.07, 6.45) is 3.41. The van der Waals surface area contributed by atoms with Gasteiger partial charge < -0.3 is 4.57 Å². The zero-order chi connectivity index (χ0) is 17.0. The van der Waals surface area contributed by atoms with Gasteiger partial charge in [0, 0.05) is 12.1 Å². The number of fused-ring (bicyclic) bond motifs is 1. The summed E-state index contributed by atoms with van der Waals surface area (Å²) in [7, 11) is 0. The van der Waals surface area contributed by atoms with Crippen LogP contribution >= 0.6 is 0 Å². The summed E-state index contributed by atoms with van der Waals surface area (Å²) in [4.78, 5) is 30.5. The zero-order valence-corrected chi connectivity index (χ0v) is 14.1. The molecule has 2 heterocycles. The molecule has 2 aromatic heterocycles. The lowest BCUT2D eigenvalue weighted by Crippen LogP contribution is -2.39. The van der Waals surface area contributed by atoms with E-state index in [9.17, 15) is 9.59 Å². The summed E-state index contributed by atoms with van der Waals surface area (Å²) in [5.41, 5.74) is 2.16. The van der Waals surface area contributed by atoms with Gasteiger partial charge in [0.2, 0.25) is 0 Å². The van der Waals surface area contributed by atoms with E-state index < -0.39 is 0 Å². The van der Waals surface area contributed by atoms with Crippen LogP contribution < -0.4 is 11.2 Å². The maximum Gasteiger partial charge on any atom is 0.337 e. The van der Waals surface area contributed by atoms with Crippen LogP contribution in [0, 0.1) is 6.92 Å². The molecule has 0 N–H and O–H groups in total. The molecule has 124 valence electrons. The second-order valence-electron chi connectivity index (χ2n) is 6.73. The maximum atomic E-state index is 13.1. The molecule has 0 saturated heterocycles. The van der Waals surface area contributed by atoms with Gasteiger partial charge >= 0.3 is 5.69 Å². The molecule has 1 aliphatic carbocycles. The van der Waals surface area contributed by atoms with Crippen molar-refractivity contribution in [3.63, 3.8) is 0 Å². The Morgan fingerprint density at radius 2 is 1.88 bits per heavy atom. The fourth-order valence-corrected chi connectivity index (χ4v) is 3.20. The van der Waals surface area contributed by atoms with Crippen molar-refractivity contribution in [2.24, 2.45) is 0 Å². The average Bonchev–Trinajstić information content (AvgIpc) is 3.26. The van der Waals surface area contributed by atoms with Crippen molar-refractivity contribution in [2.75, 3.05) is 0 Å². The number of imidazole rings is 1. The third-order valence-electron chi connectivity index (χ3n) is 4.63. The standard InChI is InChI=1S/C18H20N4O2/c1-11(2)20-10-19-16-15(20)17(23)21(13-8-9-13)18(24)22(16)14-7-5-4-6-12(14)3/h4-7,10-11,13H,8-9H2,1-3H3. The Kier molecular flexibility index (Phi) is 3.23. The number of nitrogens with zero attached hydrogens (tertiary/aromatic N) is 4. The smallest absolute Gasteiger partial charge is 0.322 e. The molecule has 0 spiro atoms. The van der Waals surface area contributed by atoms with E-state index >= 15 is 0 Å². The monoisotopic (exact) mass is 324 g/mol. The SMILES string of the molecule is Cc1ccccc1-n1c(=O)n(C2CC2)c(=O)c2c1ncn2C(C)C. The fraction of sp³-hybridized carbons (Fsp3) is 0.389. The quantitative estimate of drug-likeness (QED) is 0.744. The minimum absolute atomic E-state index is 0.0141. The highest BCUT2D eigenvalue weighted by molar-refractivity contribution is 5.73. The first-order valence-corrected chi connectivity index (χ1v) is 8.30. The van der Waals surface area contributed by atoms with Crippen LogP contribution in [0.2, 0.25) is 0 Å². The molecule has 6 heteroatoms. The summed E-state index contributed by atoms with van der Waals surface area (Å²) >= 11 is 0. The van der Waals surface area contributed by atoms with Crippen molar-refractivity contribution < 1.29 is 0 Å². The molecule has 0 unspecified atom stereocenters. The lowest BCUT2D eigenvalue weighted by molar-refractivity contribution is 0.601. The first kappa shape index (κ1) is 14.9. The third-order valence-corrected chi connectivity index (χ3v) is 4.63. The van der Waals surface area contributed by atoms with E-state index in [0.29, 0.717) is 11.2 Å². The van der Waals surface area contributed by atoms with E-state index in [0.717, 1.165) is 24.1 Å². The summed E-state index contributed by atoms with van der Waals surface area (Å²) in [6.45, 7) is 5.97. The van der Waals surface area contributed by atoms with Crippen LogP contribution in [0.15, 0.2) is 40.2 Å². The summed E-state index contributed by atoms with van der Waals surface area (Å²) in [5.74, 6) is 0.